The Morgan fingerprint density at radius 3 is 3.07 bits per heavy atom. The zero-order valence-corrected chi connectivity index (χ0v) is 9.16. The molecule has 1 aromatic rings. The van der Waals surface area contributed by atoms with Gasteiger partial charge in [-0.25, -0.2) is 4.98 Å². The van der Waals surface area contributed by atoms with Crippen molar-refractivity contribution in [1.29, 1.82) is 0 Å². The van der Waals surface area contributed by atoms with Crippen LogP contribution in [0.15, 0.2) is 24.9 Å². The minimum Gasteiger partial charge on any atom is -0.397 e. The summed E-state index contributed by atoms with van der Waals surface area (Å²) in [7, 11) is 1.66. The Hall–Kier alpha value is -1.55. The third kappa shape index (κ3) is 2.70. The van der Waals surface area contributed by atoms with Crippen LogP contribution in [0.25, 0.3) is 0 Å². The molecule has 0 aliphatic heterocycles. The molecule has 2 N–H and O–H groups in total. The Balaban J connectivity index is 2.99. The van der Waals surface area contributed by atoms with Crippen molar-refractivity contribution >= 4 is 23.2 Å². The number of rotatable bonds is 3. The molecule has 0 spiro atoms. The molecule has 1 heterocycles. The first-order valence-corrected chi connectivity index (χ1v) is 4.71. The molecule has 1 rings (SSSR count). The number of nitrogens with zero attached hydrogens (tertiary/aromatic N) is 2. The van der Waals surface area contributed by atoms with Crippen molar-refractivity contribution in [2.75, 3.05) is 19.3 Å². The first kappa shape index (κ1) is 11.5. The highest BCUT2D eigenvalue weighted by molar-refractivity contribution is 6.29. The van der Waals surface area contributed by atoms with E-state index in [4.69, 9.17) is 17.3 Å². The lowest BCUT2D eigenvalue weighted by Gasteiger charge is -2.15. The summed E-state index contributed by atoms with van der Waals surface area (Å²) in [6, 6.07) is 1.46. The molecule has 0 bridgehead atoms. The van der Waals surface area contributed by atoms with Gasteiger partial charge in [0.1, 0.15) is 5.15 Å². The van der Waals surface area contributed by atoms with Gasteiger partial charge in [0.05, 0.1) is 17.4 Å². The molecule has 0 saturated heterocycles. The minimum absolute atomic E-state index is 0.197. The van der Waals surface area contributed by atoms with E-state index in [9.17, 15) is 4.79 Å². The molecule has 0 fully saturated rings. The number of halogens is 1. The van der Waals surface area contributed by atoms with Crippen LogP contribution < -0.4 is 5.73 Å². The van der Waals surface area contributed by atoms with E-state index in [2.05, 4.69) is 11.6 Å². The Morgan fingerprint density at radius 1 is 1.80 bits per heavy atom. The lowest BCUT2D eigenvalue weighted by molar-refractivity contribution is 0.0811. The van der Waals surface area contributed by atoms with Gasteiger partial charge in [0.25, 0.3) is 5.91 Å². The second kappa shape index (κ2) is 4.79. The zero-order chi connectivity index (χ0) is 11.4. The highest BCUT2D eigenvalue weighted by Gasteiger charge is 2.14. The van der Waals surface area contributed by atoms with Gasteiger partial charge in [0.15, 0.2) is 0 Å². The third-order valence-corrected chi connectivity index (χ3v) is 2.09. The van der Waals surface area contributed by atoms with Crippen LogP contribution >= 0.6 is 11.6 Å². The fourth-order valence-electron chi connectivity index (χ4n) is 1.11. The fourth-order valence-corrected chi connectivity index (χ4v) is 1.27. The van der Waals surface area contributed by atoms with Crippen LogP contribution in [-0.2, 0) is 0 Å². The standard InChI is InChI=1S/C10H12ClN3O/c1-3-4-14(2)10(15)7-5-9(11)13-6-8(7)12/h3,5-6H,1,4,12H2,2H3. The molecular formula is C10H12ClN3O. The van der Waals surface area contributed by atoms with Gasteiger partial charge in [-0.05, 0) is 6.07 Å². The molecular weight excluding hydrogens is 214 g/mol. The van der Waals surface area contributed by atoms with Crippen LogP contribution in [0.4, 0.5) is 5.69 Å². The van der Waals surface area contributed by atoms with Crippen LogP contribution in [0, 0.1) is 0 Å². The lowest BCUT2D eigenvalue weighted by Crippen LogP contribution is -2.27. The highest BCUT2D eigenvalue weighted by atomic mass is 35.5. The van der Waals surface area contributed by atoms with Gasteiger partial charge in [-0.15, -0.1) is 6.58 Å². The first-order chi connectivity index (χ1) is 7.06. The second-order valence-electron chi connectivity index (χ2n) is 3.07. The summed E-state index contributed by atoms with van der Waals surface area (Å²) in [5.41, 5.74) is 6.31. The number of carbonyl (C=O) groups is 1. The van der Waals surface area contributed by atoms with E-state index in [0.29, 0.717) is 17.8 Å². The van der Waals surface area contributed by atoms with Gasteiger partial charge >= 0.3 is 0 Å². The van der Waals surface area contributed by atoms with Gasteiger partial charge in [-0.2, -0.15) is 0 Å². The maximum Gasteiger partial charge on any atom is 0.256 e. The number of carbonyl (C=O) groups excluding carboxylic acids is 1. The number of pyridine rings is 1. The van der Waals surface area contributed by atoms with Gasteiger partial charge in [0.2, 0.25) is 0 Å². The fraction of sp³-hybridized carbons (Fsp3) is 0.200. The summed E-state index contributed by atoms with van der Waals surface area (Å²) in [6.07, 6.45) is 3.01. The van der Waals surface area contributed by atoms with Crippen molar-refractivity contribution in [2.24, 2.45) is 0 Å². The second-order valence-corrected chi connectivity index (χ2v) is 3.46. The number of amides is 1. The first-order valence-electron chi connectivity index (χ1n) is 4.33. The Morgan fingerprint density at radius 2 is 2.47 bits per heavy atom. The molecule has 4 nitrogen and oxygen atoms in total. The molecule has 1 amide bonds. The van der Waals surface area contributed by atoms with Crippen molar-refractivity contribution in [2.45, 2.75) is 0 Å². The molecule has 5 heteroatoms. The summed E-state index contributed by atoms with van der Waals surface area (Å²) in [5, 5.41) is 0.250. The van der Waals surface area contributed by atoms with Crippen molar-refractivity contribution < 1.29 is 4.79 Å². The highest BCUT2D eigenvalue weighted by Crippen LogP contribution is 2.16. The number of anilines is 1. The van der Waals surface area contributed by atoms with Gasteiger partial charge in [0, 0.05) is 13.6 Å². The molecule has 0 aliphatic rings. The van der Waals surface area contributed by atoms with Crippen molar-refractivity contribution in [3.63, 3.8) is 0 Å². The zero-order valence-electron chi connectivity index (χ0n) is 8.40. The van der Waals surface area contributed by atoms with E-state index in [0.717, 1.165) is 0 Å². The van der Waals surface area contributed by atoms with Crippen LogP contribution in [0.1, 0.15) is 10.4 Å². The Labute approximate surface area is 93.4 Å². The average Bonchev–Trinajstić information content (AvgIpc) is 2.21. The average molecular weight is 226 g/mol. The minimum atomic E-state index is -0.197. The van der Waals surface area contributed by atoms with E-state index in [1.165, 1.54) is 17.2 Å². The Bertz CT molecular complexity index is 392. The number of hydrogen-bond acceptors (Lipinski definition) is 3. The largest absolute Gasteiger partial charge is 0.397 e. The normalized spacial score (nSPS) is 9.73. The number of aromatic nitrogens is 1. The Kier molecular flexibility index (Phi) is 3.68. The molecule has 0 aromatic carbocycles. The van der Waals surface area contributed by atoms with Gasteiger partial charge in [-0.1, -0.05) is 17.7 Å². The van der Waals surface area contributed by atoms with Crippen molar-refractivity contribution in [3.05, 3.63) is 35.6 Å². The summed E-state index contributed by atoms with van der Waals surface area (Å²) in [5.74, 6) is -0.197. The SMILES string of the molecule is C=CCN(C)C(=O)c1cc(Cl)ncc1N. The summed E-state index contributed by atoms with van der Waals surface area (Å²) < 4.78 is 0. The predicted molar refractivity (Wildman–Crippen MR) is 60.8 cm³/mol. The molecule has 1 aromatic heterocycles. The van der Waals surface area contributed by atoms with Crippen LogP contribution in [0.3, 0.4) is 0 Å². The summed E-state index contributed by atoms with van der Waals surface area (Å²) in [4.78, 5) is 17.1. The summed E-state index contributed by atoms with van der Waals surface area (Å²) in [6.45, 7) is 4.01. The monoisotopic (exact) mass is 225 g/mol. The van der Waals surface area contributed by atoms with Crippen molar-refractivity contribution in [1.82, 2.24) is 9.88 Å². The number of nitrogen functional groups attached to an aromatic ring is 1. The maximum atomic E-state index is 11.8. The molecule has 0 radical (unpaired) electrons. The summed E-state index contributed by atoms with van der Waals surface area (Å²) >= 11 is 5.69. The van der Waals surface area contributed by atoms with E-state index in [-0.39, 0.29) is 11.1 Å². The van der Waals surface area contributed by atoms with Crippen LogP contribution in [0.2, 0.25) is 5.15 Å². The molecule has 0 unspecified atom stereocenters. The molecule has 80 valence electrons. The van der Waals surface area contributed by atoms with Crippen LogP contribution in [0.5, 0.6) is 0 Å². The van der Waals surface area contributed by atoms with Gasteiger partial charge in [-0.3, -0.25) is 4.79 Å². The van der Waals surface area contributed by atoms with E-state index in [1.807, 2.05) is 0 Å². The van der Waals surface area contributed by atoms with E-state index in [1.54, 1.807) is 13.1 Å². The molecule has 0 aliphatic carbocycles. The number of nitrogens with two attached hydrogens (primary N) is 1. The quantitative estimate of drug-likeness (QED) is 0.628. The molecule has 15 heavy (non-hydrogen) atoms. The smallest absolute Gasteiger partial charge is 0.256 e. The van der Waals surface area contributed by atoms with Gasteiger partial charge < -0.3 is 10.6 Å². The third-order valence-electron chi connectivity index (χ3n) is 1.88. The van der Waals surface area contributed by atoms with Crippen LogP contribution in [-0.4, -0.2) is 29.4 Å². The predicted octanol–water partition coefficient (Wildman–Crippen LogP) is 1.58. The van der Waals surface area contributed by atoms with E-state index >= 15 is 0 Å². The number of hydrogen-bond donors (Lipinski definition) is 1. The van der Waals surface area contributed by atoms with E-state index < -0.39 is 0 Å². The topological polar surface area (TPSA) is 59.2 Å². The molecule has 0 saturated carbocycles. The lowest BCUT2D eigenvalue weighted by atomic mass is 10.2. The van der Waals surface area contributed by atoms with Crippen molar-refractivity contribution in [3.8, 4) is 0 Å². The molecule has 0 atom stereocenters. The number of likely N-dealkylation sites (N-methyl/N-ethyl adjacent to an activating group) is 1. The maximum absolute atomic E-state index is 11.8.